The molecule has 0 saturated heterocycles. The molecular formula is C22H19N3O3. The maximum Gasteiger partial charge on any atom is 0.263 e. The highest BCUT2D eigenvalue weighted by Crippen LogP contribution is 2.30. The van der Waals surface area contributed by atoms with Crippen LogP contribution in [0.3, 0.4) is 0 Å². The molecular weight excluding hydrogens is 354 g/mol. The van der Waals surface area contributed by atoms with Crippen LogP contribution < -0.4 is 14.8 Å². The van der Waals surface area contributed by atoms with Crippen LogP contribution in [0.25, 0.3) is 16.9 Å². The summed E-state index contributed by atoms with van der Waals surface area (Å²) in [5, 5.41) is 2.94. The number of amides is 1. The fourth-order valence-electron chi connectivity index (χ4n) is 2.92. The van der Waals surface area contributed by atoms with Crippen LogP contribution in [0.15, 0.2) is 79.0 Å². The summed E-state index contributed by atoms with van der Waals surface area (Å²) in [6, 6.07) is 22.5. The van der Waals surface area contributed by atoms with Crippen molar-refractivity contribution in [1.82, 2.24) is 9.38 Å². The summed E-state index contributed by atoms with van der Waals surface area (Å²) in [6.07, 6.45) is 1.86. The third kappa shape index (κ3) is 3.66. The van der Waals surface area contributed by atoms with E-state index in [2.05, 4.69) is 10.3 Å². The number of carbonyl (C=O) groups is 1. The van der Waals surface area contributed by atoms with Gasteiger partial charge in [-0.05, 0) is 36.4 Å². The molecule has 2 aromatic carbocycles. The van der Waals surface area contributed by atoms with Crippen molar-refractivity contribution in [3.8, 4) is 22.8 Å². The molecule has 0 spiro atoms. The zero-order valence-corrected chi connectivity index (χ0v) is 15.3. The topological polar surface area (TPSA) is 64.9 Å². The Balaban J connectivity index is 1.64. The van der Waals surface area contributed by atoms with Gasteiger partial charge in [-0.3, -0.25) is 9.20 Å². The molecule has 2 aromatic heterocycles. The second kappa shape index (κ2) is 7.84. The molecule has 1 amide bonds. The molecule has 0 atom stereocenters. The van der Waals surface area contributed by atoms with Crippen molar-refractivity contribution >= 4 is 17.4 Å². The molecule has 6 heteroatoms. The van der Waals surface area contributed by atoms with Gasteiger partial charge in [-0.15, -0.1) is 0 Å². The van der Waals surface area contributed by atoms with Crippen molar-refractivity contribution < 1.29 is 14.3 Å². The first-order valence-corrected chi connectivity index (χ1v) is 8.84. The number of aromatic nitrogens is 2. The molecule has 0 aliphatic rings. The lowest BCUT2D eigenvalue weighted by molar-refractivity contribution is -0.118. The molecule has 4 aromatic rings. The molecule has 4 rings (SSSR count). The maximum absolute atomic E-state index is 12.5. The molecule has 140 valence electrons. The van der Waals surface area contributed by atoms with E-state index in [1.54, 1.807) is 7.11 Å². The molecule has 28 heavy (non-hydrogen) atoms. The van der Waals surface area contributed by atoms with Crippen LogP contribution in [0.5, 0.6) is 11.5 Å². The number of nitrogens with one attached hydrogen (secondary N) is 1. The van der Waals surface area contributed by atoms with Gasteiger partial charge in [0.2, 0.25) is 0 Å². The van der Waals surface area contributed by atoms with Gasteiger partial charge in [-0.2, -0.15) is 0 Å². The number of anilines is 1. The summed E-state index contributed by atoms with van der Waals surface area (Å²) in [4.78, 5) is 17.2. The van der Waals surface area contributed by atoms with E-state index in [-0.39, 0.29) is 12.5 Å². The third-order valence-electron chi connectivity index (χ3n) is 4.24. The van der Waals surface area contributed by atoms with E-state index >= 15 is 0 Å². The molecule has 0 fully saturated rings. The Morgan fingerprint density at radius 2 is 1.79 bits per heavy atom. The lowest BCUT2D eigenvalue weighted by atomic mass is 10.1. The molecule has 0 saturated carbocycles. The number of hydrogen-bond donors (Lipinski definition) is 1. The average molecular weight is 373 g/mol. The number of imidazole rings is 1. The van der Waals surface area contributed by atoms with E-state index in [4.69, 9.17) is 9.47 Å². The molecule has 0 bridgehead atoms. The summed E-state index contributed by atoms with van der Waals surface area (Å²) < 4.78 is 12.7. The predicted octanol–water partition coefficient (Wildman–Crippen LogP) is 4.03. The summed E-state index contributed by atoms with van der Waals surface area (Å²) in [5.41, 5.74) is 2.25. The van der Waals surface area contributed by atoms with E-state index in [9.17, 15) is 4.79 Å². The van der Waals surface area contributed by atoms with Crippen molar-refractivity contribution in [2.24, 2.45) is 0 Å². The van der Waals surface area contributed by atoms with E-state index in [0.29, 0.717) is 17.3 Å². The fourth-order valence-corrected chi connectivity index (χ4v) is 2.92. The molecule has 0 unspecified atom stereocenters. The molecule has 0 radical (unpaired) electrons. The van der Waals surface area contributed by atoms with Gasteiger partial charge in [0.1, 0.15) is 28.7 Å². The Labute approximate surface area is 162 Å². The van der Waals surface area contributed by atoms with E-state index in [0.717, 1.165) is 17.0 Å². The quantitative estimate of drug-likeness (QED) is 0.554. The first-order valence-electron chi connectivity index (χ1n) is 8.84. The molecule has 0 aliphatic heterocycles. The zero-order chi connectivity index (χ0) is 19.3. The highest BCUT2D eigenvalue weighted by atomic mass is 16.5. The van der Waals surface area contributed by atoms with Crippen LogP contribution in [0, 0.1) is 0 Å². The normalized spacial score (nSPS) is 10.6. The Morgan fingerprint density at radius 1 is 1.00 bits per heavy atom. The minimum absolute atomic E-state index is 0.0956. The number of benzene rings is 2. The summed E-state index contributed by atoms with van der Waals surface area (Å²) >= 11 is 0. The van der Waals surface area contributed by atoms with E-state index < -0.39 is 0 Å². The second-order valence-electron chi connectivity index (χ2n) is 6.12. The molecule has 6 nitrogen and oxygen atoms in total. The third-order valence-corrected chi connectivity index (χ3v) is 4.24. The van der Waals surface area contributed by atoms with Gasteiger partial charge in [0, 0.05) is 11.8 Å². The van der Waals surface area contributed by atoms with Gasteiger partial charge >= 0.3 is 0 Å². The van der Waals surface area contributed by atoms with Crippen LogP contribution >= 0.6 is 0 Å². The van der Waals surface area contributed by atoms with Crippen molar-refractivity contribution in [2.45, 2.75) is 0 Å². The van der Waals surface area contributed by atoms with Gasteiger partial charge < -0.3 is 14.8 Å². The maximum atomic E-state index is 12.5. The Kier molecular flexibility index (Phi) is 4.93. The fraction of sp³-hybridized carbons (Fsp3) is 0.0909. The summed E-state index contributed by atoms with van der Waals surface area (Å²) in [7, 11) is 1.62. The van der Waals surface area contributed by atoms with Gasteiger partial charge in [0.25, 0.3) is 5.91 Å². The van der Waals surface area contributed by atoms with Crippen LogP contribution in [-0.2, 0) is 4.79 Å². The van der Waals surface area contributed by atoms with E-state index in [1.165, 1.54) is 0 Å². The van der Waals surface area contributed by atoms with Crippen molar-refractivity contribution in [1.29, 1.82) is 0 Å². The smallest absolute Gasteiger partial charge is 0.263 e. The van der Waals surface area contributed by atoms with Crippen molar-refractivity contribution in [3.05, 3.63) is 79.0 Å². The number of hydrogen-bond acceptors (Lipinski definition) is 4. The summed E-state index contributed by atoms with van der Waals surface area (Å²) in [5.74, 6) is 1.69. The minimum atomic E-state index is -0.265. The zero-order valence-electron chi connectivity index (χ0n) is 15.3. The molecule has 2 heterocycles. The van der Waals surface area contributed by atoms with Crippen molar-refractivity contribution in [3.63, 3.8) is 0 Å². The number of carbonyl (C=O) groups excluding carboxylic acids is 1. The monoisotopic (exact) mass is 373 g/mol. The summed E-state index contributed by atoms with van der Waals surface area (Å²) in [6.45, 7) is -0.0956. The average Bonchev–Trinajstić information content (AvgIpc) is 3.11. The Bertz CT molecular complexity index is 1110. The van der Waals surface area contributed by atoms with Gasteiger partial charge in [0.15, 0.2) is 6.61 Å². The van der Waals surface area contributed by atoms with Crippen LogP contribution in [-0.4, -0.2) is 29.0 Å². The van der Waals surface area contributed by atoms with Crippen LogP contribution in [0.2, 0.25) is 0 Å². The van der Waals surface area contributed by atoms with Crippen LogP contribution in [0.1, 0.15) is 0 Å². The SMILES string of the molecule is COc1cccc(-c2nc3ccccn3c2NC(=O)COc2ccccc2)c1. The standard InChI is InChI=1S/C22H19N3O3/c1-27-18-11-7-8-16(14-18)21-22(25-13-6-5-12-19(25)23-21)24-20(26)15-28-17-9-3-2-4-10-17/h2-14H,15H2,1H3,(H,24,26). The predicted molar refractivity (Wildman–Crippen MR) is 108 cm³/mol. The van der Waals surface area contributed by atoms with E-state index in [1.807, 2.05) is 83.4 Å². The highest BCUT2D eigenvalue weighted by molar-refractivity contribution is 5.95. The number of nitrogens with zero attached hydrogens (tertiary/aromatic N) is 2. The van der Waals surface area contributed by atoms with Crippen LogP contribution in [0.4, 0.5) is 5.82 Å². The Hall–Kier alpha value is -3.80. The Morgan fingerprint density at radius 3 is 2.61 bits per heavy atom. The lowest BCUT2D eigenvalue weighted by Crippen LogP contribution is -2.21. The lowest BCUT2D eigenvalue weighted by Gasteiger charge is -2.10. The van der Waals surface area contributed by atoms with Gasteiger partial charge in [-0.25, -0.2) is 4.98 Å². The molecule has 0 aliphatic carbocycles. The second-order valence-corrected chi connectivity index (χ2v) is 6.12. The minimum Gasteiger partial charge on any atom is -0.497 e. The largest absolute Gasteiger partial charge is 0.497 e. The first kappa shape index (κ1) is 17.6. The number of methoxy groups -OCH3 is 1. The highest BCUT2D eigenvalue weighted by Gasteiger charge is 2.17. The van der Waals surface area contributed by atoms with Crippen molar-refractivity contribution in [2.75, 3.05) is 19.0 Å². The number of pyridine rings is 1. The number of para-hydroxylation sites is 1. The molecule has 1 N–H and O–H groups in total. The van der Waals surface area contributed by atoms with Gasteiger partial charge in [0.05, 0.1) is 7.11 Å². The number of rotatable bonds is 6. The first-order chi connectivity index (χ1) is 13.7. The van der Waals surface area contributed by atoms with Gasteiger partial charge in [-0.1, -0.05) is 36.4 Å². The number of fused-ring (bicyclic) bond motifs is 1. The number of ether oxygens (including phenoxy) is 2.